The van der Waals surface area contributed by atoms with Gasteiger partial charge in [0, 0.05) is 11.2 Å². The van der Waals surface area contributed by atoms with Crippen LogP contribution in [-0.2, 0) is 15.1 Å². The van der Waals surface area contributed by atoms with E-state index in [4.69, 9.17) is 0 Å². The van der Waals surface area contributed by atoms with Crippen molar-refractivity contribution in [2.24, 2.45) is 0 Å². The van der Waals surface area contributed by atoms with Gasteiger partial charge < -0.3 is 5.32 Å². The van der Waals surface area contributed by atoms with Crippen molar-refractivity contribution in [3.8, 4) is 0 Å². The van der Waals surface area contributed by atoms with E-state index in [-0.39, 0.29) is 11.8 Å². The number of hydrogen-bond donors (Lipinski definition) is 1. The summed E-state index contributed by atoms with van der Waals surface area (Å²) in [6, 6.07) is 27.0. The third-order valence-electron chi connectivity index (χ3n) is 5.73. The second-order valence-corrected chi connectivity index (χ2v) is 9.19. The van der Waals surface area contributed by atoms with Crippen LogP contribution in [0, 0.1) is 6.92 Å². The van der Waals surface area contributed by atoms with Crippen molar-refractivity contribution in [1.29, 1.82) is 0 Å². The Morgan fingerprint density at radius 1 is 0.812 bits per heavy atom. The summed E-state index contributed by atoms with van der Waals surface area (Å²) in [6.07, 6.45) is 1.84. The lowest BCUT2D eigenvalue weighted by molar-refractivity contribution is -0.144. The van der Waals surface area contributed by atoms with Crippen molar-refractivity contribution >= 4 is 23.6 Å². The highest BCUT2D eigenvalue weighted by Crippen LogP contribution is 2.45. The minimum absolute atomic E-state index is 0.273. The van der Waals surface area contributed by atoms with E-state index in [1.807, 2.05) is 119 Å². The van der Waals surface area contributed by atoms with Gasteiger partial charge in [-0.2, -0.15) is 0 Å². The molecular weight excluding hydrogens is 396 g/mol. The molecule has 0 radical (unpaired) electrons. The van der Waals surface area contributed by atoms with E-state index in [2.05, 4.69) is 5.32 Å². The van der Waals surface area contributed by atoms with Crippen LogP contribution < -0.4 is 5.32 Å². The number of benzene rings is 3. The standard InChI is InChI=1S/C28H28N2O2/c1-20-15-17-22(18-16-20)28(29-23-13-9-6-10-14-23)24(19-21-11-7-5-8-12-21)25(31)30(26(28)32)27(2,3)4/h5-19,29H,1-4H3/b24-19+/t28-/m1/s1. The number of rotatable bonds is 4. The van der Waals surface area contributed by atoms with Crippen LogP contribution in [0.15, 0.2) is 90.5 Å². The maximum absolute atomic E-state index is 14.2. The Balaban J connectivity index is 2.02. The van der Waals surface area contributed by atoms with Crippen molar-refractivity contribution < 1.29 is 9.59 Å². The number of carbonyl (C=O) groups is 2. The van der Waals surface area contributed by atoms with Gasteiger partial charge in [0.05, 0.1) is 5.57 Å². The number of anilines is 1. The molecule has 0 spiro atoms. The molecule has 1 fully saturated rings. The van der Waals surface area contributed by atoms with Crippen LogP contribution in [0.4, 0.5) is 5.69 Å². The molecule has 0 bridgehead atoms. The summed E-state index contributed by atoms with van der Waals surface area (Å²) in [5.41, 5.74) is 1.86. The normalized spacial score (nSPS) is 20.1. The highest BCUT2D eigenvalue weighted by atomic mass is 16.2. The Morgan fingerprint density at radius 2 is 1.38 bits per heavy atom. The predicted molar refractivity (Wildman–Crippen MR) is 129 cm³/mol. The molecule has 1 N–H and O–H groups in total. The van der Waals surface area contributed by atoms with E-state index in [0.29, 0.717) is 5.57 Å². The van der Waals surface area contributed by atoms with Crippen LogP contribution in [0.1, 0.15) is 37.5 Å². The molecule has 0 saturated carbocycles. The average Bonchev–Trinajstić information content (AvgIpc) is 2.97. The maximum atomic E-state index is 14.2. The molecule has 0 unspecified atom stereocenters. The minimum atomic E-state index is -1.34. The molecule has 1 heterocycles. The highest BCUT2D eigenvalue weighted by Gasteiger charge is 2.59. The topological polar surface area (TPSA) is 49.4 Å². The number of carbonyl (C=O) groups excluding carboxylic acids is 2. The van der Waals surface area contributed by atoms with Crippen molar-refractivity contribution in [1.82, 2.24) is 4.90 Å². The lowest BCUT2D eigenvalue weighted by atomic mass is 9.82. The number of imide groups is 1. The molecule has 3 aromatic rings. The summed E-state index contributed by atoms with van der Waals surface area (Å²) in [7, 11) is 0. The summed E-state index contributed by atoms with van der Waals surface area (Å²) in [6.45, 7) is 7.66. The largest absolute Gasteiger partial charge is 0.364 e. The second kappa shape index (κ2) is 8.12. The number of likely N-dealkylation sites (tertiary alicyclic amines) is 1. The third kappa shape index (κ3) is 3.73. The molecule has 0 aliphatic carbocycles. The number of aryl methyl sites for hydroxylation is 1. The molecule has 4 nitrogen and oxygen atoms in total. The molecule has 1 aliphatic heterocycles. The lowest BCUT2D eigenvalue weighted by Gasteiger charge is -2.34. The minimum Gasteiger partial charge on any atom is -0.364 e. The van der Waals surface area contributed by atoms with E-state index in [1.54, 1.807) is 0 Å². The predicted octanol–water partition coefficient (Wildman–Crippen LogP) is 5.55. The second-order valence-electron chi connectivity index (χ2n) is 9.19. The van der Waals surface area contributed by atoms with E-state index in [1.165, 1.54) is 4.90 Å². The fourth-order valence-electron chi connectivity index (χ4n) is 4.16. The van der Waals surface area contributed by atoms with Crippen LogP contribution in [-0.4, -0.2) is 22.3 Å². The molecule has 1 atom stereocenters. The Morgan fingerprint density at radius 3 is 1.94 bits per heavy atom. The molecular formula is C28H28N2O2. The summed E-state index contributed by atoms with van der Waals surface area (Å²) in [4.78, 5) is 29.4. The van der Waals surface area contributed by atoms with Gasteiger partial charge in [0.2, 0.25) is 0 Å². The molecule has 3 aromatic carbocycles. The van der Waals surface area contributed by atoms with Crippen LogP contribution in [0.25, 0.3) is 6.08 Å². The van der Waals surface area contributed by atoms with Gasteiger partial charge in [0.15, 0.2) is 5.54 Å². The van der Waals surface area contributed by atoms with E-state index < -0.39 is 11.1 Å². The zero-order valence-corrected chi connectivity index (χ0v) is 18.9. The van der Waals surface area contributed by atoms with Crippen LogP contribution >= 0.6 is 0 Å². The van der Waals surface area contributed by atoms with Crippen LogP contribution in [0.2, 0.25) is 0 Å². The number of amides is 2. The van der Waals surface area contributed by atoms with Gasteiger partial charge in [-0.05, 0) is 57.0 Å². The molecule has 4 heteroatoms. The van der Waals surface area contributed by atoms with Crippen LogP contribution in [0.3, 0.4) is 0 Å². The maximum Gasteiger partial charge on any atom is 0.265 e. The van der Waals surface area contributed by atoms with Gasteiger partial charge in [-0.15, -0.1) is 0 Å². The Kier molecular flexibility index (Phi) is 5.47. The molecule has 1 aliphatic rings. The first kappa shape index (κ1) is 21.6. The average molecular weight is 425 g/mol. The quantitative estimate of drug-likeness (QED) is 0.441. The van der Waals surface area contributed by atoms with Gasteiger partial charge in [0.1, 0.15) is 0 Å². The number of hydrogen-bond acceptors (Lipinski definition) is 3. The lowest BCUT2D eigenvalue weighted by Crippen LogP contribution is -2.50. The van der Waals surface area contributed by atoms with Crippen molar-refractivity contribution in [2.75, 3.05) is 5.32 Å². The number of nitrogens with one attached hydrogen (secondary N) is 1. The van der Waals surface area contributed by atoms with Gasteiger partial charge >= 0.3 is 0 Å². The molecule has 1 saturated heterocycles. The van der Waals surface area contributed by atoms with Gasteiger partial charge in [-0.1, -0.05) is 78.4 Å². The van der Waals surface area contributed by atoms with Gasteiger partial charge in [-0.3, -0.25) is 14.5 Å². The molecule has 2 amide bonds. The smallest absolute Gasteiger partial charge is 0.265 e. The van der Waals surface area contributed by atoms with Crippen LogP contribution in [0.5, 0.6) is 0 Å². The summed E-state index contributed by atoms with van der Waals surface area (Å²) in [5.74, 6) is -0.555. The Bertz CT molecular complexity index is 1160. The Hall–Kier alpha value is -3.66. The zero-order valence-electron chi connectivity index (χ0n) is 18.9. The first-order chi connectivity index (χ1) is 15.2. The fourth-order valence-corrected chi connectivity index (χ4v) is 4.16. The third-order valence-corrected chi connectivity index (χ3v) is 5.73. The molecule has 32 heavy (non-hydrogen) atoms. The van der Waals surface area contributed by atoms with E-state index in [0.717, 1.165) is 22.4 Å². The monoisotopic (exact) mass is 424 g/mol. The van der Waals surface area contributed by atoms with Crippen molar-refractivity contribution in [3.63, 3.8) is 0 Å². The van der Waals surface area contributed by atoms with Crippen molar-refractivity contribution in [2.45, 2.75) is 38.8 Å². The SMILES string of the molecule is Cc1ccc([C@]2(Nc3ccccc3)C(=O)N(C(C)(C)C)C(=O)/C2=C\c2ccccc2)cc1. The molecule has 4 rings (SSSR count). The van der Waals surface area contributed by atoms with E-state index in [9.17, 15) is 9.59 Å². The summed E-state index contributed by atoms with van der Waals surface area (Å²) < 4.78 is 0. The van der Waals surface area contributed by atoms with Gasteiger partial charge in [0.25, 0.3) is 11.8 Å². The first-order valence-corrected chi connectivity index (χ1v) is 10.8. The van der Waals surface area contributed by atoms with Gasteiger partial charge in [-0.25, -0.2) is 0 Å². The molecule has 162 valence electrons. The fraction of sp³-hybridized carbons (Fsp3) is 0.214. The zero-order chi connectivity index (χ0) is 22.9. The molecule has 0 aromatic heterocycles. The number of para-hydroxylation sites is 1. The Labute approximate surface area is 189 Å². The van der Waals surface area contributed by atoms with Crippen molar-refractivity contribution in [3.05, 3.63) is 107 Å². The summed E-state index contributed by atoms with van der Waals surface area (Å²) >= 11 is 0. The summed E-state index contributed by atoms with van der Waals surface area (Å²) in [5, 5.41) is 3.46. The van der Waals surface area contributed by atoms with E-state index >= 15 is 0 Å². The number of nitrogens with zero attached hydrogens (tertiary/aromatic N) is 1. The first-order valence-electron chi connectivity index (χ1n) is 10.8. The highest BCUT2D eigenvalue weighted by molar-refractivity contribution is 6.23.